The molecular formula is C23H21N3O4. The summed E-state index contributed by atoms with van der Waals surface area (Å²) in [5.41, 5.74) is 3.82. The van der Waals surface area contributed by atoms with Crippen LogP contribution >= 0.6 is 0 Å². The Hall–Kier alpha value is -3.58. The zero-order valence-corrected chi connectivity index (χ0v) is 16.2. The fourth-order valence-electron chi connectivity index (χ4n) is 4.45. The van der Waals surface area contributed by atoms with Crippen molar-refractivity contribution in [3.8, 4) is 5.75 Å². The summed E-state index contributed by atoms with van der Waals surface area (Å²) in [5.74, 6) is -0.688. The first kappa shape index (κ1) is 18.4. The minimum absolute atomic E-state index is 0.0871. The molecule has 3 heterocycles. The molecule has 0 bridgehead atoms. The maximum atomic E-state index is 12.9. The maximum absolute atomic E-state index is 12.9. The molecule has 2 aromatic carbocycles. The number of fused-ring (bicyclic) bond motifs is 3. The summed E-state index contributed by atoms with van der Waals surface area (Å²) in [6, 6.07) is 14.2. The number of carbonyl (C=O) groups excluding carboxylic acids is 2. The molecule has 3 aromatic rings. The quantitative estimate of drug-likeness (QED) is 0.396. The fourth-order valence-corrected chi connectivity index (χ4v) is 4.45. The molecule has 0 saturated heterocycles. The highest BCUT2D eigenvalue weighted by atomic mass is 16.3. The molecule has 2 aliphatic rings. The normalized spacial score (nSPS) is 18.6. The monoisotopic (exact) mass is 403 g/mol. The van der Waals surface area contributed by atoms with Gasteiger partial charge in [0.2, 0.25) is 0 Å². The van der Waals surface area contributed by atoms with Crippen molar-refractivity contribution in [3.05, 3.63) is 65.5 Å². The second-order valence-corrected chi connectivity index (χ2v) is 7.74. The number of phenolic OH excluding ortho intramolecular Hbond substituents is 1. The number of hydrogen-bond donors (Lipinski definition) is 4. The molecule has 5 rings (SSSR count). The lowest BCUT2D eigenvalue weighted by molar-refractivity contribution is -0.123. The van der Waals surface area contributed by atoms with Gasteiger partial charge in [0, 0.05) is 41.0 Å². The van der Waals surface area contributed by atoms with E-state index in [1.54, 1.807) is 12.1 Å². The summed E-state index contributed by atoms with van der Waals surface area (Å²) in [4.78, 5) is 25.5. The van der Waals surface area contributed by atoms with Gasteiger partial charge >= 0.3 is 0 Å². The Balaban J connectivity index is 1.72. The van der Waals surface area contributed by atoms with Gasteiger partial charge in [-0.25, -0.2) is 0 Å². The smallest absolute Gasteiger partial charge is 0.275 e. The molecule has 152 valence electrons. The average molecular weight is 403 g/mol. The maximum Gasteiger partial charge on any atom is 0.275 e. The first-order valence-corrected chi connectivity index (χ1v) is 9.94. The molecule has 0 aliphatic carbocycles. The summed E-state index contributed by atoms with van der Waals surface area (Å²) in [5, 5.41) is 25.6. The van der Waals surface area contributed by atoms with Crippen molar-refractivity contribution in [3.63, 3.8) is 0 Å². The minimum Gasteiger partial charge on any atom is -0.508 e. The number of aryl methyl sites for hydroxylation is 1. The van der Waals surface area contributed by atoms with E-state index in [1.165, 1.54) is 12.1 Å². The number of benzene rings is 2. The van der Waals surface area contributed by atoms with Crippen LogP contribution in [0.15, 0.2) is 54.2 Å². The van der Waals surface area contributed by atoms with E-state index in [0.717, 1.165) is 35.1 Å². The average Bonchev–Trinajstić information content (AvgIpc) is 3.22. The number of rotatable bonds is 4. The van der Waals surface area contributed by atoms with Gasteiger partial charge in [0.25, 0.3) is 11.8 Å². The summed E-state index contributed by atoms with van der Waals surface area (Å²) in [6.45, 7) is 0.842. The van der Waals surface area contributed by atoms with Crippen LogP contribution in [0.2, 0.25) is 0 Å². The van der Waals surface area contributed by atoms with Gasteiger partial charge in [-0.05, 0) is 49.1 Å². The molecule has 1 unspecified atom stereocenters. The predicted molar refractivity (Wildman–Crippen MR) is 113 cm³/mol. The number of aromatic nitrogens is 1. The number of nitrogens with zero attached hydrogens (tertiary/aromatic N) is 1. The predicted octanol–water partition coefficient (Wildman–Crippen LogP) is 2.38. The third-order valence-corrected chi connectivity index (χ3v) is 5.90. The van der Waals surface area contributed by atoms with Gasteiger partial charge in [-0.2, -0.15) is 0 Å². The van der Waals surface area contributed by atoms with Crippen LogP contribution < -0.4 is 10.6 Å². The van der Waals surface area contributed by atoms with Gasteiger partial charge in [-0.15, -0.1) is 0 Å². The van der Waals surface area contributed by atoms with Crippen molar-refractivity contribution >= 4 is 34.0 Å². The Morgan fingerprint density at radius 2 is 1.83 bits per heavy atom. The van der Waals surface area contributed by atoms with E-state index in [-0.39, 0.29) is 24.0 Å². The molecule has 7 nitrogen and oxygen atoms in total. The summed E-state index contributed by atoms with van der Waals surface area (Å²) in [6.07, 6.45) is 1.50. The Morgan fingerprint density at radius 3 is 2.60 bits per heavy atom. The van der Waals surface area contributed by atoms with E-state index >= 15 is 0 Å². The Kier molecular flexibility index (Phi) is 4.33. The van der Waals surface area contributed by atoms with Gasteiger partial charge in [0.1, 0.15) is 11.4 Å². The van der Waals surface area contributed by atoms with E-state index in [0.29, 0.717) is 17.7 Å². The number of nitrogens with one attached hydrogen (secondary N) is 2. The van der Waals surface area contributed by atoms with Crippen molar-refractivity contribution in [1.29, 1.82) is 0 Å². The SMILES string of the molecule is O=C1NC(=O)C(c2c3n(c4ccccc24)CCC(CO)C3)=C1Nc1ccc(O)cc1. The third kappa shape index (κ3) is 2.86. The number of imide groups is 1. The van der Waals surface area contributed by atoms with Crippen molar-refractivity contribution in [2.24, 2.45) is 5.92 Å². The van der Waals surface area contributed by atoms with E-state index < -0.39 is 11.8 Å². The van der Waals surface area contributed by atoms with Crippen LogP contribution in [0.4, 0.5) is 5.69 Å². The number of amides is 2. The highest BCUT2D eigenvalue weighted by Gasteiger charge is 2.36. The number of phenols is 1. The van der Waals surface area contributed by atoms with Gasteiger partial charge < -0.3 is 20.1 Å². The summed E-state index contributed by atoms with van der Waals surface area (Å²) in [7, 11) is 0. The number of aromatic hydroxyl groups is 1. The lowest BCUT2D eigenvalue weighted by Crippen LogP contribution is -2.25. The molecule has 7 heteroatoms. The topological polar surface area (TPSA) is 104 Å². The van der Waals surface area contributed by atoms with E-state index in [1.807, 2.05) is 24.3 Å². The highest BCUT2D eigenvalue weighted by molar-refractivity contribution is 6.38. The molecule has 2 aliphatic heterocycles. The van der Waals surface area contributed by atoms with Gasteiger partial charge in [0.05, 0.1) is 5.57 Å². The van der Waals surface area contributed by atoms with Crippen LogP contribution in [0.3, 0.4) is 0 Å². The molecule has 2 amide bonds. The minimum atomic E-state index is -0.485. The number of aliphatic hydroxyl groups excluding tert-OH is 1. The molecule has 0 spiro atoms. The van der Waals surface area contributed by atoms with Gasteiger partial charge in [0.15, 0.2) is 0 Å². The number of anilines is 1. The molecule has 4 N–H and O–H groups in total. The van der Waals surface area contributed by atoms with Crippen LogP contribution in [0.25, 0.3) is 16.5 Å². The molecule has 1 aromatic heterocycles. The molecule has 0 radical (unpaired) electrons. The number of aliphatic hydroxyl groups is 1. The lowest BCUT2D eigenvalue weighted by Gasteiger charge is -2.24. The fraction of sp³-hybridized carbons (Fsp3) is 0.217. The van der Waals surface area contributed by atoms with Gasteiger partial charge in [-0.3, -0.25) is 14.9 Å². The largest absolute Gasteiger partial charge is 0.508 e. The second kappa shape index (κ2) is 7.03. The first-order valence-electron chi connectivity index (χ1n) is 9.94. The van der Waals surface area contributed by atoms with Crippen LogP contribution in [-0.4, -0.2) is 33.2 Å². The standard InChI is InChI=1S/C23H21N3O4/c27-12-13-9-10-26-17-4-2-1-3-16(17)19(18(26)11-13)20-21(23(30)25-22(20)29)24-14-5-7-15(28)8-6-14/h1-8,13,27-28H,9-12H2,(H2,24,25,29,30). The Labute approximate surface area is 172 Å². The molecule has 0 saturated carbocycles. The number of carbonyl (C=O) groups is 2. The Morgan fingerprint density at radius 1 is 1.07 bits per heavy atom. The van der Waals surface area contributed by atoms with Crippen molar-refractivity contribution in [2.45, 2.75) is 19.4 Å². The summed E-state index contributed by atoms with van der Waals surface area (Å²) < 4.78 is 2.19. The van der Waals surface area contributed by atoms with E-state index in [4.69, 9.17) is 0 Å². The van der Waals surface area contributed by atoms with Gasteiger partial charge in [-0.1, -0.05) is 18.2 Å². The number of hydrogen-bond acceptors (Lipinski definition) is 5. The van der Waals surface area contributed by atoms with Crippen molar-refractivity contribution in [1.82, 2.24) is 9.88 Å². The highest BCUT2D eigenvalue weighted by Crippen LogP contribution is 2.39. The molecule has 1 atom stereocenters. The van der Waals surface area contributed by atoms with Crippen LogP contribution in [-0.2, 0) is 22.6 Å². The number of para-hydroxylation sites is 1. The van der Waals surface area contributed by atoms with Crippen LogP contribution in [0.1, 0.15) is 17.7 Å². The van der Waals surface area contributed by atoms with Crippen LogP contribution in [0.5, 0.6) is 5.75 Å². The van der Waals surface area contributed by atoms with E-state index in [9.17, 15) is 19.8 Å². The molecule has 0 fully saturated rings. The first-order chi connectivity index (χ1) is 14.6. The zero-order valence-electron chi connectivity index (χ0n) is 16.2. The van der Waals surface area contributed by atoms with Crippen LogP contribution in [0, 0.1) is 5.92 Å². The lowest BCUT2D eigenvalue weighted by atomic mass is 9.92. The third-order valence-electron chi connectivity index (χ3n) is 5.90. The second-order valence-electron chi connectivity index (χ2n) is 7.74. The molecule has 30 heavy (non-hydrogen) atoms. The van der Waals surface area contributed by atoms with Crippen molar-refractivity contribution < 1.29 is 19.8 Å². The Bertz CT molecular complexity index is 1210. The zero-order chi connectivity index (χ0) is 20.8. The summed E-state index contributed by atoms with van der Waals surface area (Å²) >= 11 is 0. The van der Waals surface area contributed by atoms with E-state index in [2.05, 4.69) is 15.2 Å². The molecular weight excluding hydrogens is 382 g/mol. The van der Waals surface area contributed by atoms with Crippen molar-refractivity contribution in [2.75, 3.05) is 11.9 Å².